The van der Waals surface area contributed by atoms with E-state index in [4.69, 9.17) is 4.74 Å². The Morgan fingerprint density at radius 3 is 2.18 bits per heavy atom. The van der Waals surface area contributed by atoms with Gasteiger partial charge >= 0.3 is 0 Å². The van der Waals surface area contributed by atoms with Crippen LogP contribution in [0.5, 0.6) is 0 Å². The second kappa shape index (κ2) is 7.64. The molecule has 5 heteroatoms. The van der Waals surface area contributed by atoms with Gasteiger partial charge in [0.15, 0.2) is 5.96 Å². The summed E-state index contributed by atoms with van der Waals surface area (Å²) in [4.78, 5) is 6.75. The van der Waals surface area contributed by atoms with E-state index in [0.29, 0.717) is 5.41 Å². The van der Waals surface area contributed by atoms with E-state index in [0.717, 1.165) is 45.1 Å². The van der Waals surface area contributed by atoms with Crippen molar-refractivity contribution >= 4 is 5.96 Å². The molecule has 1 saturated carbocycles. The first-order valence-electron chi connectivity index (χ1n) is 8.76. The predicted octanol–water partition coefficient (Wildman–Crippen LogP) is 1.84. The summed E-state index contributed by atoms with van der Waals surface area (Å²) in [7, 11) is 6.20. The number of ether oxygens (including phenoxy) is 1. The first-order valence-corrected chi connectivity index (χ1v) is 8.76. The molecule has 2 N–H and O–H groups in total. The van der Waals surface area contributed by atoms with E-state index in [2.05, 4.69) is 41.5 Å². The molecule has 1 aliphatic heterocycles. The Morgan fingerprint density at radius 1 is 1.09 bits per heavy atom. The van der Waals surface area contributed by atoms with Crippen LogP contribution < -0.4 is 10.6 Å². The van der Waals surface area contributed by atoms with Crippen molar-refractivity contribution in [3.05, 3.63) is 0 Å². The highest BCUT2D eigenvalue weighted by Gasteiger charge is 2.36. The van der Waals surface area contributed by atoms with Crippen molar-refractivity contribution in [2.75, 3.05) is 47.4 Å². The van der Waals surface area contributed by atoms with E-state index >= 15 is 0 Å². The summed E-state index contributed by atoms with van der Waals surface area (Å²) < 4.78 is 5.54. The molecule has 0 spiro atoms. The van der Waals surface area contributed by atoms with Crippen LogP contribution in [0.1, 0.15) is 45.4 Å². The number of nitrogens with one attached hydrogen (secondary N) is 2. The molecule has 2 aliphatic rings. The lowest BCUT2D eigenvalue weighted by molar-refractivity contribution is -0.00504. The van der Waals surface area contributed by atoms with Crippen LogP contribution in [0.3, 0.4) is 0 Å². The Balaban J connectivity index is 1.84. The molecule has 2 rings (SSSR count). The van der Waals surface area contributed by atoms with E-state index in [-0.39, 0.29) is 5.54 Å². The Hall–Kier alpha value is -0.810. The van der Waals surface area contributed by atoms with Crippen LogP contribution in [0.15, 0.2) is 4.99 Å². The zero-order valence-corrected chi connectivity index (χ0v) is 14.9. The van der Waals surface area contributed by atoms with E-state index < -0.39 is 0 Å². The molecule has 2 fully saturated rings. The molecule has 128 valence electrons. The minimum absolute atomic E-state index is 0.175. The molecule has 0 unspecified atom stereocenters. The number of likely N-dealkylation sites (N-methyl/N-ethyl adjacent to an activating group) is 1. The summed E-state index contributed by atoms with van der Waals surface area (Å²) in [5.41, 5.74) is 0.685. The topological polar surface area (TPSA) is 48.9 Å². The van der Waals surface area contributed by atoms with Crippen LogP contribution in [0.2, 0.25) is 0 Å². The van der Waals surface area contributed by atoms with Gasteiger partial charge in [0, 0.05) is 38.9 Å². The summed E-state index contributed by atoms with van der Waals surface area (Å²) >= 11 is 0. The third kappa shape index (κ3) is 3.93. The molecule has 0 aromatic rings. The van der Waals surface area contributed by atoms with Crippen LogP contribution in [-0.2, 0) is 4.74 Å². The number of nitrogens with zero attached hydrogens (tertiary/aromatic N) is 2. The Morgan fingerprint density at radius 2 is 1.73 bits per heavy atom. The zero-order valence-electron chi connectivity index (χ0n) is 14.9. The lowest BCUT2D eigenvalue weighted by Gasteiger charge is -2.44. The lowest BCUT2D eigenvalue weighted by Crippen LogP contribution is -2.57. The Kier molecular flexibility index (Phi) is 6.09. The first-order chi connectivity index (χ1) is 10.6. The van der Waals surface area contributed by atoms with Gasteiger partial charge < -0.3 is 20.3 Å². The maximum Gasteiger partial charge on any atom is 0.191 e. The van der Waals surface area contributed by atoms with Crippen LogP contribution in [-0.4, -0.2) is 63.8 Å². The largest absolute Gasteiger partial charge is 0.381 e. The molecule has 0 radical (unpaired) electrons. The van der Waals surface area contributed by atoms with E-state index in [1.807, 2.05) is 7.05 Å². The standard InChI is InChI=1S/C17H34N4O/c1-5-16(7-6-8-16)13-19-15(18-2)20-14-17(21(3)4)9-11-22-12-10-17/h5-14H2,1-4H3,(H2,18,19,20). The van der Waals surface area contributed by atoms with E-state index in [1.165, 1.54) is 25.7 Å². The van der Waals surface area contributed by atoms with E-state index in [9.17, 15) is 0 Å². The normalized spacial score (nSPS) is 24.0. The van der Waals surface area contributed by atoms with Gasteiger partial charge in [0.05, 0.1) is 0 Å². The second-order valence-electron chi connectivity index (χ2n) is 7.22. The maximum absolute atomic E-state index is 5.54. The smallest absolute Gasteiger partial charge is 0.191 e. The Bertz CT molecular complexity index is 365. The van der Waals surface area contributed by atoms with Gasteiger partial charge in [0.2, 0.25) is 0 Å². The van der Waals surface area contributed by atoms with E-state index in [1.54, 1.807) is 0 Å². The average Bonchev–Trinajstić information content (AvgIpc) is 2.50. The van der Waals surface area contributed by atoms with Gasteiger partial charge in [-0.1, -0.05) is 13.3 Å². The fraction of sp³-hybridized carbons (Fsp3) is 0.941. The summed E-state index contributed by atoms with van der Waals surface area (Å²) in [6.07, 6.45) is 7.49. The van der Waals surface area contributed by atoms with Crippen LogP contribution >= 0.6 is 0 Å². The summed E-state index contributed by atoms with van der Waals surface area (Å²) in [5, 5.41) is 7.10. The highest BCUT2D eigenvalue weighted by atomic mass is 16.5. The number of hydrogen-bond acceptors (Lipinski definition) is 3. The number of guanidine groups is 1. The van der Waals surface area contributed by atoms with Gasteiger partial charge in [-0.25, -0.2) is 0 Å². The van der Waals surface area contributed by atoms with Gasteiger partial charge in [-0.05, 0) is 51.6 Å². The van der Waals surface area contributed by atoms with Crippen LogP contribution in [0.25, 0.3) is 0 Å². The second-order valence-corrected chi connectivity index (χ2v) is 7.22. The van der Waals surface area contributed by atoms with Gasteiger partial charge in [-0.3, -0.25) is 4.99 Å². The summed E-state index contributed by atoms with van der Waals surface area (Å²) in [6, 6.07) is 0. The Labute approximate surface area is 135 Å². The monoisotopic (exact) mass is 310 g/mol. The highest BCUT2D eigenvalue weighted by molar-refractivity contribution is 5.79. The fourth-order valence-electron chi connectivity index (χ4n) is 3.61. The van der Waals surface area contributed by atoms with Gasteiger partial charge in [0.1, 0.15) is 0 Å². The van der Waals surface area contributed by atoms with Crippen LogP contribution in [0.4, 0.5) is 0 Å². The number of hydrogen-bond donors (Lipinski definition) is 2. The first kappa shape index (κ1) is 17.5. The number of rotatable bonds is 6. The van der Waals surface area contributed by atoms with Crippen molar-refractivity contribution in [1.29, 1.82) is 0 Å². The molecule has 0 atom stereocenters. The molecule has 0 aromatic carbocycles. The van der Waals surface area contributed by atoms with Crippen molar-refractivity contribution in [2.45, 2.75) is 51.0 Å². The zero-order chi connectivity index (χ0) is 16.1. The minimum atomic E-state index is 0.175. The molecular weight excluding hydrogens is 276 g/mol. The molecular formula is C17H34N4O. The maximum atomic E-state index is 5.54. The number of aliphatic imine (C=N–C) groups is 1. The van der Waals surface area contributed by atoms with Gasteiger partial charge in [0.25, 0.3) is 0 Å². The SMILES string of the molecule is CCC1(CNC(=NC)NCC2(N(C)C)CCOCC2)CCC1. The summed E-state index contributed by atoms with van der Waals surface area (Å²) in [5.74, 6) is 0.937. The minimum Gasteiger partial charge on any atom is -0.381 e. The average molecular weight is 310 g/mol. The molecule has 0 bridgehead atoms. The predicted molar refractivity (Wildman–Crippen MR) is 92.4 cm³/mol. The quantitative estimate of drug-likeness (QED) is 0.580. The van der Waals surface area contributed by atoms with Crippen molar-refractivity contribution in [3.8, 4) is 0 Å². The van der Waals surface area contributed by atoms with Gasteiger partial charge in [-0.15, -0.1) is 0 Å². The van der Waals surface area contributed by atoms with Crippen molar-refractivity contribution in [2.24, 2.45) is 10.4 Å². The fourth-order valence-corrected chi connectivity index (χ4v) is 3.61. The lowest BCUT2D eigenvalue weighted by atomic mass is 9.67. The van der Waals surface area contributed by atoms with Crippen LogP contribution in [0, 0.1) is 5.41 Å². The highest BCUT2D eigenvalue weighted by Crippen LogP contribution is 2.43. The van der Waals surface area contributed by atoms with Gasteiger partial charge in [-0.2, -0.15) is 0 Å². The third-order valence-corrected chi connectivity index (χ3v) is 5.98. The molecule has 1 heterocycles. The molecule has 5 nitrogen and oxygen atoms in total. The molecule has 1 aliphatic carbocycles. The molecule has 22 heavy (non-hydrogen) atoms. The van der Waals surface area contributed by atoms with Crippen molar-refractivity contribution in [3.63, 3.8) is 0 Å². The summed E-state index contributed by atoms with van der Waals surface area (Å²) in [6.45, 7) is 5.97. The molecule has 0 amide bonds. The molecule has 0 aromatic heterocycles. The third-order valence-electron chi connectivity index (χ3n) is 5.98. The van der Waals surface area contributed by atoms with Crippen molar-refractivity contribution < 1.29 is 4.74 Å². The molecule has 1 saturated heterocycles. The van der Waals surface area contributed by atoms with Crippen molar-refractivity contribution in [1.82, 2.24) is 15.5 Å².